The summed E-state index contributed by atoms with van der Waals surface area (Å²) in [5.74, 6) is 0.844. The second-order valence-electron chi connectivity index (χ2n) is 8.60. The minimum absolute atomic E-state index is 0.0250. The molecule has 0 aromatic heterocycles. The number of allylic oxidation sites excluding steroid dienone is 4. The number of nitro groups is 2. The van der Waals surface area contributed by atoms with E-state index in [1.54, 1.807) is 24.3 Å². The van der Waals surface area contributed by atoms with Gasteiger partial charge < -0.3 is 9.47 Å². The molecule has 3 aliphatic rings. The zero-order valence-corrected chi connectivity index (χ0v) is 18.5. The van der Waals surface area contributed by atoms with Crippen LogP contribution in [0.5, 0.6) is 11.5 Å². The lowest BCUT2D eigenvalue weighted by atomic mass is 9.73. The molecule has 10 heteroatoms. The Morgan fingerprint density at radius 1 is 0.800 bits per heavy atom. The molecule has 0 unspecified atom stereocenters. The van der Waals surface area contributed by atoms with Gasteiger partial charge in [0.05, 0.1) is 15.9 Å². The van der Waals surface area contributed by atoms with Crippen molar-refractivity contribution < 1.29 is 28.9 Å². The topological polar surface area (TPSA) is 139 Å². The highest BCUT2D eigenvalue weighted by Gasteiger charge is 2.41. The lowest BCUT2D eigenvalue weighted by molar-refractivity contribution is -0.394. The minimum Gasteiger partial charge on any atom is -0.465 e. The van der Waals surface area contributed by atoms with E-state index in [9.17, 15) is 29.8 Å². The Morgan fingerprint density at radius 2 is 1.40 bits per heavy atom. The van der Waals surface area contributed by atoms with Crippen molar-refractivity contribution in [3.05, 3.63) is 90.9 Å². The highest BCUT2D eigenvalue weighted by molar-refractivity contribution is 6.05. The molecule has 0 spiro atoms. The number of hydrogen-bond acceptors (Lipinski definition) is 8. The van der Waals surface area contributed by atoms with E-state index in [4.69, 9.17) is 9.47 Å². The van der Waals surface area contributed by atoms with Crippen LogP contribution in [0.1, 0.15) is 50.0 Å². The lowest BCUT2D eigenvalue weighted by Crippen LogP contribution is -2.30. The van der Waals surface area contributed by atoms with Crippen molar-refractivity contribution in [3.63, 3.8) is 0 Å². The van der Waals surface area contributed by atoms with Crippen molar-refractivity contribution in [1.82, 2.24) is 0 Å². The highest BCUT2D eigenvalue weighted by Crippen LogP contribution is 2.48. The van der Waals surface area contributed by atoms with E-state index in [0.717, 1.165) is 17.7 Å². The monoisotopic (exact) mass is 476 g/mol. The first-order valence-electron chi connectivity index (χ1n) is 11.2. The minimum atomic E-state index is -0.746. The van der Waals surface area contributed by atoms with E-state index in [2.05, 4.69) is 0 Å². The number of nitro benzene ring substituents is 2. The summed E-state index contributed by atoms with van der Waals surface area (Å²) < 4.78 is 11.7. The van der Waals surface area contributed by atoms with Crippen molar-refractivity contribution in [3.8, 4) is 11.5 Å². The standard InChI is InChI=1S/C25H20N2O8/c28-18-3-1-5-21-24(18)23(25-19(29)4-2-6-22(25)35-21)14-7-10-16(11-8-14)34-20-12-9-15(26(30)31)13-17(20)27(32)33/h7-13,23H,1-6H2. The molecule has 0 fully saturated rings. The van der Waals surface area contributed by atoms with Gasteiger partial charge in [-0.3, -0.25) is 29.8 Å². The highest BCUT2D eigenvalue weighted by atomic mass is 16.6. The molecule has 0 atom stereocenters. The average Bonchev–Trinajstić information content (AvgIpc) is 2.84. The maximum Gasteiger partial charge on any atom is 0.318 e. The molecule has 0 bridgehead atoms. The number of Topliss-reactive ketones (excluding diaryl/α,β-unsaturated/α-hetero) is 2. The summed E-state index contributed by atoms with van der Waals surface area (Å²) in [5, 5.41) is 22.4. The van der Waals surface area contributed by atoms with E-state index in [1.807, 2.05) is 0 Å². The van der Waals surface area contributed by atoms with Crippen LogP contribution in [0.15, 0.2) is 65.1 Å². The van der Waals surface area contributed by atoms with Crippen LogP contribution in [-0.4, -0.2) is 21.4 Å². The average molecular weight is 476 g/mol. The van der Waals surface area contributed by atoms with Gasteiger partial charge in [-0.2, -0.15) is 0 Å². The van der Waals surface area contributed by atoms with E-state index in [-0.39, 0.29) is 23.1 Å². The molecule has 178 valence electrons. The molecule has 1 heterocycles. The van der Waals surface area contributed by atoms with E-state index < -0.39 is 27.1 Å². The molecule has 0 amide bonds. The number of ketones is 2. The van der Waals surface area contributed by atoms with Gasteiger partial charge in [-0.05, 0) is 36.6 Å². The maximum absolute atomic E-state index is 12.9. The van der Waals surface area contributed by atoms with Gasteiger partial charge in [-0.15, -0.1) is 0 Å². The number of non-ortho nitro benzene ring substituents is 1. The van der Waals surface area contributed by atoms with Crippen LogP contribution in [0.2, 0.25) is 0 Å². The van der Waals surface area contributed by atoms with Crippen LogP contribution in [0.4, 0.5) is 11.4 Å². The molecule has 0 saturated carbocycles. The second kappa shape index (κ2) is 8.79. The summed E-state index contributed by atoms with van der Waals surface area (Å²) in [6.45, 7) is 0. The van der Waals surface area contributed by atoms with E-state index in [1.165, 1.54) is 6.07 Å². The van der Waals surface area contributed by atoms with Crippen molar-refractivity contribution in [2.24, 2.45) is 0 Å². The Balaban J connectivity index is 1.49. The lowest BCUT2D eigenvalue weighted by Gasteiger charge is -2.36. The molecule has 0 radical (unpaired) electrons. The summed E-state index contributed by atoms with van der Waals surface area (Å²) in [5.41, 5.74) is 0.846. The Morgan fingerprint density at radius 3 is 1.94 bits per heavy atom. The summed E-state index contributed by atoms with van der Waals surface area (Å²) >= 11 is 0. The molecule has 1 aliphatic heterocycles. The second-order valence-corrected chi connectivity index (χ2v) is 8.60. The normalized spacial score (nSPS) is 18.1. The third-order valence-electron chi connectivity index (χ3n) is 6.43. The molecule has 10 nitrogen and oxygen atoms in total. The SMILES string of the molecule is O=C1CCCC2=C1C(c1ccc(Oc3ccc([N+](=O)[O-])cc3[N+](=O)[O-])cc1)C1=C(CCCC1=O)O2. The number of rotatable bonds is 5. The number of benzene rings is 2. The summed E-state index contributed by atoms with van der Waals surface area (Å²) in [6, 6.07) is 9.79. The number of ether oxygens (including phenoxy) is 2. The van der Waals surface area contributed by atoms with Crippen LogP contribution >= 0.6 is 0 Å². The molecule has 2 aromatic rings. The van der Waals surface area contributed by atoms with E-state index >= 15 is 0 Å². The number of carbonyl (C=O) groups excluding carboxylic acids is 2. The molecule has 0 N–H and O–H groups in total. The fraction of sp³-hybridized carbons (Fsp3) is 0.280. The zero-order valence-electron chi connectivity index (χ0n) is 18.5. The maximum atomic E-state index is 12.9. The van der Waals surface area contributed by atoms with Crippen molar-refractivity contribution in [2.75, 3.05) is 0 Å². The predicted molar refractivity (Wildman–Crippen MR) is 122 cm³/mol. The third kappa shape index (κ3) is 4.07. The molecule has 2 aromatic carbocycles. The Bertz CT molecular complexity index is 1300. The van der Waals surface area contributed by atoms with Gasteiger partial charge in [-0.1, -0.05) is 12.1 Å². The number of hydrogen-bond donors (Lipinski definition) is 0. The van der Waals surface area contributed by atoms with Gasteiger partial charge in [-0.25, -0.2) is 0 Å². The van der Waals surface area contributed by atoms with Crippen LogP contribution < -0.4 is 4.74 Å². The first-order chi connectivity index (χ1) is 16.8. The Kier molecular flexibility index (Phi) is 5.64. The molecule has 35 heavy (non-hydrogen) atoms. The first kappa shape index (κ1) is 22.5. The fourth-order valence-corrected chi connectivity index (χ4v) is 4.85. The van der Waals surface area contributed by atoms with Gasteiger partial charge in [0.25, 0.3) is 5.69 Å². The van der Waals surface area contributed by atoms with Gasteiger partial charge in [0.15, 0.2) is 11.6 Å². The Hall–Kier alpha value is -4.34. The third-order valence-corrected chi connectivity index (χ3v) is 6.43. The summed E-state index contributed by atoms with van der Waals surface area (Å²) in [7, 11) is 0. The summed E-state index contributed by atoms with van der Waals surface area (Å²) in [4.78, 5) is 46.6. The van der Waals surface area contributed by atoms with Crippen LogP contribution in [0.25, 0.3) is 0 Å². The van der Waals surface area contributed by atoms with Crippen LogP contribution in [-0.2, 0) is 14.3 Å². The van der Waals surface area contributed by atoms with Crippen LogP contribution in [0, 0.1) is 20.2 Å². The van der Waals surface area contributed by atoms with E-state index in [0.29, 0.717) is 61.2 Å². The molecule has 5 rings (SSSR count). The molecular weight excluding hydrogens is 456 g/mol. The fourth-order valence-electron chi connectivity index (χ4n) is 4.85. The molecule has 2 aliphatic carbocycles. The van der Waals surface area contributed by atoms with Crippen molar-refractivity contribution in [2.45, 2.75) is 44.4 Å². The Labute approximate surface area is 199 Å². The number of carbonyl (C=O) groups is 2. The molecular formula is C25H20N2O8. The van der Waals surface area contributed by atoms with Gasteiger partial charge >= 0.3 is 5.69 Å². The first-order valence-corrected chi connectivity index (χ1v) is 11.2. The van der Waals surface area contributed by atoms with Gasteiger partial charge in [0.2, 0.25) is 5.75 Å². The van der Waals surface area contributed by atoms with Crippen LogP contribution in [0.3, 0.4) is 0 Å². The van der Waals surface area contributed by atoms with Crippen molar-refractivity contribution in [1.29, 1.82) is 0 Å². The van der Waals surface area contributed by atoms with Gasteiger partial charge in [0.1, 0.15) is 17.3 Å². The van der Waals surface area contributed by atoms with Gasteiger partial charge in [0, 0.05) is 48.8 Å². The molecule has 0 saturated heterocycles. The smallest absolute Gasteiger partial charge is 0.318 e. The van der Waals surface area contributed by atoms with Crippen molar-refractivity contribution >= 4 is 22.9 Å². The largest absolute Gasteiger partial charge is 0.465 e. The number of nitrogens with zero attached hydrogens (tertiary/aromatic N) is 2. The quantitative estimate of drug-likeness (QED) is 0.411. The zero-order chi connectivity index (χ0) is 24.7. The summed E-state index contributed by atoms with van der Waals surface area (Å²) in [6.07, 6.45) is 3.52. The predicted octanol–water partition coefficient (Wildman–Crippen LogP) is 5.42.